The van der Waals surface area contributed by atoms with E-state index >= 15 is 0 Å². The van der Waals surface area contributed by atoms with Crippen molar-refractivity contribution in [1.82, 2.24) is 9.97 Å². The molecule has 2 N–H and O–H groups in total. The zero-order valence-electron chi connectivity index (χ0n) is 12.7. The number of rotatable bonds is 6. The summed E-state index contributed by atoms with van der Waals surface area (Å²) in [6.45, 7) is 7.25. The van der Waals surface area contributed by atoms with Crippen LogP contribution in [0.1, 0.15) is 31.4 Å². The molecule has 112 valence electrons. The van der Waals surface area contributed by atoms with Crippen LogP contribution in [0.4, 0.5) is 17.3 Å². The van der Waals surface area contributed by atoms with Gasteiger partial charge in [0.2, 0.25) is 0 Å². The standard InChI is InChI=1S/C16H21BrN4/c1-4-8-18-15-13(5-2)16(20-10-19-15)21-12-6-7-14(17)11(3)9-12/h6-7,9-10H,4-5,8H2,1-3H3,(H2,18,19,20,21). The maximum Gasteiger partial charge on any atom is 0.139 e. The summed E-state index contributed by atoms with van der Waals surface area (Å²) in [5.74, 6) is 1.79. The van der Waals surface area contributed by atoms with Crippen molar-refractivity contribution in [2.75, 3.05) is 17.2 Å². The van der Waals surface area contributed by atoms with E-state index in [0.717, 1.165) is 46.7 Å². The minimum absolute atomic E-state index is 0.868. The normalized spacial score (nSPS) is 10.5. The molecule has 1 aromatic carbocycles. The van der Waals surface area contributed by atoms with Gasteiger partial charge >= 0.3 is 0 Å². The number of benzene rings is 1. The maximum absolute atomic E-state index is 4.39. The molecule has 0 saturated heterocycles. The van der Waals surface area contributed by atoms with Crippen LogP contribution in [0.3, 0.4) is 0 Å². The van der Waals surface area contributed by atoms with Gasteiger partial charge in [-0.05, 0) is 43.5 Å². The molecule has 5 heteroatoms. The Bertz CT molecular complexity index is 613. The molecule has 0 bridgehead atoms. The van der Waals surface area contributed by atoms with E-state index in [1.165, 1.54) is 5.56 Å². The number of hydrogen-bond donors (Lipinski definition) is 2. The monoisotopic (exact) mass is 348 g/mol. The van der Waals surface area contributed by atoms with Crippen LogP contribution in [0.5, 0.6) is 0 Å². The molecule has 0 saturated carbocycles. The van der Waals surface area contributed by atoms with E-state index < -0.39 is 0 Å². The molecule has 1 heterocycles. The summed E-state index contributed by atoms with van der Waals surface area (Å²) in [7, 11) is 0. The molecule has 4 nitrogen and oxygen atoms in total. The van der Waals surface area contributed by atoms with Crippen LogP contribution in [0.15, 0.2) is 29.0 Å². The van der Waals surface area contributed by atoms with Gasteiger partial charge in [0.15, 0.2) is 0 Å². The number of nitrogens with one attached hydrogen (secondary N) is 2. The first-order valence-corrected chi connectivity index (χ1v) is 8.05. The van der Waals surface area contributed by atoms with Gasteiger partial charge in [-0.25, -0.2) is 9.97 Å². The average molecular weight is 349 g/mol. The molecular weight excluding hydrogens is 328 g/mol. The summed E-state index contributed by atoms with van der Waals surface area (Å²) < 4.78 is 1.11. The van der Waals surface area contributed by atoms with E-state index in [1.807, 2.05) is 12.1 Å². The molecule has 0 fully saturated rings. The molecule has 2 aromatic rings. The zero-order valence-corrected chi connectivity index (χ0v) is 14.3. The van der Waals surface area contributed by atoms with Crippen molar-refractivity contribution in [2.24, 2.45) is 0 Å². The molecule has 0 atom stereocenters. The molecule has 0 spiro atoms. The van der Waals surface area contributed by atoms with Gasteiger partial charge in [0.05, 0.1) is 0 Å². The molecule has 1 aromatic heterocycles. The van der Waals surface area contributed by atoms with Crippen molar-refractivity contribution in [2.45, 2.75) is 33.6 Å². The third-order valence-electron chi connectivity index (χ3n) is 3.26. The van der Waals surface area contributed by atoms with Crippen LogP contribution in [0.25, 0.3) is 0 Å². The smallest absolute Gasteiger partial charge is 0.139 e. The minimum Gasteiger partial charge on any atom is -0.370 e. The predicted molar refractivity (Wildman–Crippen MR) is 92.4 cm³/mol. The summed E-state index contributed by atoms with van der Waals surface area (Å²) in [6.07, 6.45) is 3.55. The highest BCUT2D eigenvalue weighted by atomic mass is 79.9. The summed E-state index contributed by atoms with van der Waals surface area (Å²) >= 11 is 3.52. The first-order chi connectivity index (χ1) is 10.2. The molecule has 0 aliphatic rings. The third kappa shape index (κ3) is 3.94. The number of anilines is 3. The van der Waals surface area contributed by atoms with E-state index in [-0.39, 0.29) is 0 Å². The predicted octanol–water partition coefficient (Wildman–Crippen LogP) is 4.68. The topological polar surface area (TPSA) is 49.8 Å². The van der Waals surface area contributed by atoms with Gasteiger partial charge in [0.25, 0.3) is 0 Å². The fraction of sp³-hybridized carbons (Fsp3) is 0.375. The van der Waals surface area contributed by atoms with Gasteiger partial charge < -0.3 is 10.6 Å². The summed E-state index contributed by atoms with van der Waals surface area (Å²) in [5, 5.41) is 6.76. The highest BCUT2D eigenvalue weighted by Crippen LogP contribution is 2.26. The van der Waals surface area contributed by atoms with Gasteiger partial charge in [0.1, 0.15) is 18.0 Å². The van der Waals surface area contributed by atoms with Crippen LogP contribution in [0, 0.1) is 6.92 Å². The second-order valence-electron chi connectivity index (χ2n) is 4.92. The lowest BCUT2D eigenvalue weighted by molar-refractivity contribution is 0.949. The molecule has 0 unspecified atom stereocenters. The number of aromatic nitrogens is 2. The fourth-order valence-electron chi connectivity index (χ4n) is 2.11. The Morgan fingerprint density at radius 3 is 2.57 bits per heavy atom. The largest absolute Gasteiger partial charge is 0.370 e. The van der Waals surface area contributed by atoms with Gasteiger partial charge in [-0.2, -0.15) is 0 Å². The number of hydrogen-bond acceptors (Lipinski definition) is 4. The Kier molecular flexibility index (Phi) is 5.56. The third-order valence-corrected chi connectivity index (χ3v) is 4.15. The van der Waals surface area contributed by atoms with E-state index in [2.05, 4.69) is 63.4 Å². The van der Waals surface area contributed by atoms with Gasteiger partial charge in [-0.3, -0.25) is 0 Å². The Labute approximate surface area is 134 Å². The quantitative estimate of drug-likeness (QED) is 0.795. The minimum atomic E-state index is 0.868. The number of nitrogens with zero attached hydrogens (tertiary/aromatic N) is 2. The van der Waals surface area contributed by atoms with Crippen LogP contribution >= 0.6 is 15.9 Å². The Balaban J connectivity index is 2.28. The molecule has 0 aliphatic carbocycles. The van der Waals surface area contributed by atoms with Gasteiger partial charge in [-0.15, -0.1) is 0 Å². The van der Waals surface area contributed by atoms with Crippen LogP contribution < -0.4 is 10.6 Å². The van der Waals surface area contributed by atoms with Crippen LogP contribution in [0.2, 0.25) is 0 Å². The van der Waals surface area contributed by atoms with Crippen molar-refractivity contribution in [3.05, 3.63) is 40.1 Å². The lowest BCUT2D eigenvalue weighted by atomic mass is 10.2. The summed E-state index contributed by atoms with van der Waals surface area (Å²) in [5.41, 5.74) is 3.34. The summed E-state index contributed by atoms with van der Waals surface area (Å²) in [6, 6.07) is 6.18. The van der Waals surface area contributed by atoms with Crippen molar-refractivity contribution in [1.29, 1.82) is 0 Å². The second-order valence-corrected chi connectivity index (χ2v) is 5.77. The van der Waals surface area contributed by atoms with Crippen molar-refractivity contribution >= 4 is 33.3 Å². The lowest BCUT2D eigenvalue weighted by Gasteiger charge is -2.14. The summed E-state index contributed by atoms with van der Waals surface area (Å²) in [4.78, 5) is 8.74. The molecule has 0 amide bonds. The maximum atomic E-state index is 4.39. The Morgan fingerprint density at radius 2 is 1.90 bits per heavy atom. The first kappa shape index (κ1) is 15.8. The van der Waals surface area contributed by atoms with Crippen LogP contribution in [-0.4, -0.2) is 16.5 Å². The highest BCUT2D eigenvalue weighted by molar-refractivity contribution is 9.10. The Hall–Kier alpha value is -1.62. The molecule has 2 rings (SSSR count). The van der Waals surface area contributed by atoms with E-state index in [4.69, 9.17) is 0 Å². The van der Waals surface area contributed by atoms with E-state index in [1.54, 1.807) is 6.33 Å². The Morgan fingerprint density at radius 1 is 1.14 bits per heavy atom. The van der Waals surface area contributed by atoms with E-state index in [0.29, 0.717) is 0 Å². The van der Waals surface area contributed by atoms with Crippen molar-refractivity contribution < 1.29 is 0 Å². The first-order valence-electron chi connectivity index (χ1n) is 7.26. The van der Waals surface area contributed by atoms with Gasteiger partial charge in [-0.1, -0.05) is 29.8 Å². The van der Waals surface area contributed by atoms with Crippen molar-refractivity contribution in [3.8, 4) is 0 Å². The zero-order chi connectivity index (χ0) is 15.2. The molecular formula is C16H21BrN4. The van der Waals surface area contributed by atoms with Crippen molar-refractivity contribution in [3.63, 3.8) is 0 Å². The highest BCUT2D eigenvalue weighted by Gasteiger charge is 2.10. The molecule has 21 heavy (non-hydrogen) atoms. The lowest BCUT2D eigenvalue weighted by Crippen LogP contribution is -2.08. The number of halogens is 1. The van der Waals surface area contributed by atoms with Crippen LogP contribution in [-0.2, 0) is 6.42 Å². The molecule has 0 radical (unpaired) electrons. The average Bonchev–Trinajstić information content (AvgIpc) is 2.49. The number of aryl methyl sites for hydroxylation is 1. The van der Waals surface area contributed by atoms with E-state index in [9.17, 15) is 0 Å². The molecule has 0 aliphatic heterocycles. The fourth-order valence-corrected chi connectivity index (χ4v) is 2.36. The SMILES string of the molecule is CCCNc1ncnc(Nc2ccc(Br)c(C)c2)c1CC. The second kappa shape index (κ2) is 7.41. The van der Waals surface area contributed by atoms with Gasteiger partial charge in [0, 0.05) is 22.3 Å².